The van der Waals surface area contributed by atoms with Crippen LogP contribution in [0.2, 0.25) is 0 Å². The van der Waals surface area contributed by atoms with E-state index in [1.54, 1.807) is 24.3 Å². The normalized spacial score (nSPS) is 10.0. The van der Waals surface area contributed by atoms with E-state index < -0.39 is 5.97 Å². The number of ether oxygens (including phenoxy) is 3. The highest BCUT2D eigenvalue weighted by Gasteiger charge is 2.14. The zero-order valence-corrected chi connectivity index (χ0v) is 12.0. The summed E-state index contributed by atoms with van der Waals surface area (Å²) in [5.74, 6) is 0.395. The summed E-state index contributed by atoms with van der Waals surface area (Å²) in [4.78, 5) is 12.1. The van der Waals surface area contributed by atoms with Crippen LogP contribution in [-0.4, -0.2) is 25.3 Å². The van der Waals surface area contributed by atoms with Crippen LogP contribution < -0.4 is 14.2 Å². The molecule has 0 spiro atoms. The second-order valence-corrected chi connectivity index (χ2v) is 4.43. The average molecular weight is 288 g/mol. The summed E-state index contributed by atoms with van der Waals surface area (Å²) in [6, 6.07) is 9.52. The molecule has 0 heterocycles. The number of esters is 1. The Balaban J connectivity index is 2.24. The quantitative estimate of drug-likeness (QED) is 0.692. The third-order valence-electron chi connectivity index (χ3n) is 2.94. The van der Waals surface area contributed by atoms with Crippen molar-refractivity contribution in [3.05, 3.63) is 47.5 Å². The minimum atomic E-state index is -0.588. The Morgan fingerprint density at radius 3 is 2.24 bits per heavy atom. The maximum absolute atomic E-state index is 12.1. The van der Waals surface area contributed by atoms with Gasteiger partial charge in [0.15, 0.2) is 23.0 Å². The van der Waals surface area contributed by atoms with Gasteiger partial charge < -0.3 is 19.3 Å². The van der Waals surface area contributed by atoms with E-state index in [0.717, 1.165) is 5.56 Å². The van der Waals surface area contributed by atoms with E-state index in [9.17, 15) is 9.90 Å². The van der Waals surface area contributed by atoms with Crippen LogP contribution in [0.25, 0.3) is 0 Å². The molecule has 21 heavy (non-hydrogen) atoms. The fourth-order valence-corrected chi connectivity index (χ4v) is 1.84. The highest BCUT2D eigenvalue weighted by atomic mass is 16.5. The number of carbonyl (C=O) groups is 1. The van der Waals surface area contributed by atoms with E-state index in [-0.39, 0.29) is 11.5 Å². The fraction of sp³-hybridized carbons (Fsp3) is 0.188. The summed E-state index contributed by atoms with van der Waals surface area (Å²) in [5, 5.41) is 9.75. The van der Waals surface area contributed by atoms with Crippen LogP contribution in [0.15, 0.2) is 36.4 Å². The molecule has 5 nitrogen and oxygen atoms in total. The first-order chi connectivity index (χ1) is 10.0. The van der Waals surface area contributed by atoms with Crippen LogP contribution in [0.1, 0.15) is 15.9 Å². The van der Waals surface area contributed by atoms with Gasteiger partial charge >= 0.3 is 5.97 Å². The lowest BCUT2D eigenvalue weighted by molar-refractivity contribution is 0.0729. The van der Waals surface area contributed by atoms with Gasteiger partial charge in [-0.2, -0.15) is 0 Å². The first-order valence-electron chi connectivity index (χ1n) is 6.29. The van der Waals surface area contributed by atoms with Gasteiger partial charge in [-0.1, -0.05) is 6.07 Å². The van der Waals surface area contributed by atoms with Crippen molar-refractivity contribution in [2.75, 3.05) is 14.2 Å². The standard InChI is InChI=1S/C16H16O5/c1-10-4-6-13(12(17)8-10)21-16(18)11-5-7-14(19-2)15(9-11)20-3/h4-9,17H,1-3H3. The van der Waals surface area contributed by atoms with E-state index >= 15 is 0 Å². The number of aryl methyl sites for hydroxylation is 1. The summed E-state index contributed by atoms with van der Waals surface area (Å²) in [7, 11) is 3.00. The maximum Gasteiger partial charge on any atom is 0.343 e. The molecular formula is C16H16O5. The van der Waals surface area contributed by atoms with Gasteiger partial charge in [0.25, 0.3) is 0 Å². The molecule has 1 N–H and O–H groups in total. The van der Waals surface area contributed by atoms with Crippen molar-refractivity contribution in [1.29, 1.82) is 0 Å². The molecule has 0 fully saturated rings. The van der Waals surface area contributed by atoms with Crippen LogP contribution in [0, 0.1) is 6.92 Å². The predicted octanol–water partition coefficient (Wildman–Crippen LogP) is 2.94. The van der Waals surface area contributed by atoms with E-state index in [1.165, 1.54) is 26.4 Å². The molecule has 0 aromatic heterocycles. The number of benzene rings is 2. The number of phenols is 1. The minimum Gasteiger partial charge on any atom is -0.504 e. The highest BCUT2D eigenvalue weighted by Crippen LogP contribution is 2.30. The third-order valence-corrected chi connectivity index (χ3v) is 2.94. The second-order valence-electron chi connectivity index (χ2n) is 4.43. The van der Waals surface area contributed by atoms with Crippen LogP contribution in [-0.2, 0) is 0 Å². The fourth-order valence-electron chi connectivity index (χ4n) is 1.84. The Morgan fingerprint density at radius 1 is 0.952 bits per heavy atom. The number of rotatable bonds is 4. The van der Waals surface area contributed by atoms with Gasteiger partial charge in [-0.25, -0.2) is 4.79 Å². The molecule has 0 amide bonds. The third kappa shape index (κ3) is 3.25. The van der Waals surface area contributed by atoms with Crippen LogP contribution >= 0.6 is 0 Å². The molecule has 110 valence electrons. The summed E-state index contributed by atoms with van der Waals surface area (Å²) in [6.07, 6.45) is 0. The number of hydrogen-bond acceptors (Lipinski definition) is 5. The van der Waals surface area contributed by atoms with E-state index in [1.807, 2.05) is 6.92 Å². The average Bonchev–Trinajstić information content (AvgIpc) is 2.49. The first kappa shape index (κ1) is 14.7. The Labute approximate surface area is 122 Å². The Morgan fingerprint density at radius 2 is 1.62 bits per heavy atom. The Kier molecular flexibility index (Phi) is 4.33. The number of carbonyl (C=O) groups excluding carboxylic acids is 1. The molecule has 2 aromatic carbocycles. The zero-order chi connectivity index (χ0) is 15.4. The number of aromatic hydroxyl groups is 1. The summed E-state index contributed by atoms with van der Waals surface area (Å²) in [6.45, 7) is 1.83. The van der Waals surface area contributed by atoms with Gasteiger partial charge in [0, 0.05) is 0 Å². The largest absolute Gasteiger partial charge is 0.504 e. The van der Waals surface area contributed by atoms with Crippen molar-refractivity contribution in [3.63, 3.8) is 0 Å². The Hall–Kier alpha value is -2.69. The molecule has 0 atom stereocenters. The lowest BCUT2D eigenvalue weighted by atomic mass is 10.2. The van der Waals surface area contributed by atoms with Crippen molar-refractivity contribution < 1.29 is 24.1 Å². The molecule has 0 saturated carbocycles. The maximum atomic E-state index is 12.1. The van der Waals surface area contributed by atoms with Crippen molar-refractivity contribution in [2.45, 2.75) is 6.92 Å². The lowest BCUT2D eigenvalue weighted by Crippen LogP contribution is -2.09. The summed E-state index contributed by atoms with van der Waals surface area (Å²) >= 11 is 0. The van der Waals surface area contributed by atoms with Gasteiger partial charge in [-0.15, -0.1) is 0 Å². The van der Waals surface area contributed by atoms with E-state index in [2.05, 4.69) is 0 Å². The molecule has 0 unspecified atom stereocenters. The number of methoxy groups -OCH3 is 2. The second kappa shape index (κ2) is 6.17. The molecule has 0 aliphatic carbocycles. The molecule has 2 rings (SSSR count). The molecule has 0 radical (unpaired) electrons. The number of hydrogen-bond donors (Lipinski definition) is 1. The van der Waals surface area contributed by atoms with Gasteiger partial charge in [0.2, 0.25) is 0 Å². The van der Waals surface area contributed by atoms with E-state index in [0.29, 0.717) is 17.1 Å². The van der Waals surface area contributed by atoms with Crippen LogP contribution in [0.3, 0.4) is 0 Å². The van der Waals surface area contributed by atoms with Crippen molar-refractivity contribution in [3.8, 4) is 23.0 Å². The molecule has 0 saturated heterocycles. The van der Waals surface area contributed by atoms with Gasteiger partial charge in [-0.05, 0) is 42.8 Å². The molecule has 0 aliphatic heterocycles. The van der Waals surface area contributed by atoms with Gasteiger partial charge in [0.1, 0.15) is 0 Å². The van der Waals surface area contributed by atoms with Crippen molar-refractivity contribution in [2.24, 2.45) is 0 Å². The molecule has 0 bridgehead atoms. The first-order valence-corrected chi connectivity index (χ1v) is 6.29. The lowest BCUT2D eigenvalue weighted by Gasteiger charge is -2.10. The molecule has 0 aliphatic rings. The topological polar surface area (TPSA) is 65.0 Å². The van der Waals surface area contributed by atoms with E-state index in [4.69, 9.17) is 14.2 Å². The van der Waals surface area contributed by atoms with Crippen molar-refractivity contribution >= 4 is 5.97 Å². The smallest absolute Gasteiger partial charge is 0.343 e. The van der Waals surface area contributed by atoms with Crippen LogP contribution in [0.5, 0.6) is 23.0 Å². The molecule has 5 heteroatoms. The van der Waals surface area contributed by atoms with Crippen molar-refractivity contribution in [1.82, 2.24) is 0 Å². The predicted molar refractivity (Wildman–Crippen MR) is 77.3 cm³/mol. The SMILES string of the molecule is COc1ccc(C(=O)Oc2ccc(C)cc2O)cc1OC. The highest BCUT2D eigenvalue weighted by molar-refractivity contribution is 5.92. The summed E-state index contributed by atoms with van der Waals surface area (Å²) in [5.41, 5.74) is 1.17. The molecular weight excluding hydrogens is 272 g/mol. The minimum absolute atomic E-state index is 0.0798. The van der Waals surface area contributed by atoms with Gasteiger partial charge in [-0.3, -0.25) is 0 Å². The van der Waals surface area contributed by atoms with Crippen LogP contribution in [0.4, 0.5) is 0 Å². The monoisotopic (exact) mass is 288 g/mol. The number of phenolic OH excluding ortho intramolecular Hbond substituents is 1. The Bertz CT molecular complexity index is 664. The summed E-state index contributed by atoms with van der Waals surface area (Å²) < 4.78 is 15.4. The van der Waals surface area contributed by atoms with Gasteiger partial charge in [0.05, 0.1) is 19.8 Å². The molecule has 2 aromatic rings. The zero-order valence-electron chi connectivity index (χ0n) is 12.0.